The lowest BCUT2D eigenvalue weighted by Crippen LogP contribution is -2.15. The average Bonchev–Trinajstić information content (AvgIpc) is 3.18. The van der Waals surface area contributed by atoms with Crippen molar-refractivity contribution in [2.45, 2.75) is 149 Å². The van der Waals surface area contributed by atoms with Crippen molar-refractivity contribution in [1.29, 1.82) is 0 Å². The Morgan fingerprint density at radius 2 is 0.481 bits per heavy atom. The van der Waals surface area contributed by atoms with Gasteiger partial charge in [0.25, 0.3) is 0 Å². The van der Waals surface area contributed by atoms with Crippen LogP contribution in [0.3, 0.4) is 0 Å². The number of carbonyl (C=O) groups is 1. The highest BCUT2D eigenvalue weighted by atomic mass is 16.6. The highest BCUT2D eigenvalue weighted by Gasteiger charge is 2.03. The van der Waals surface area contributed by atoms with Crippen LogP contribution in [0.25, 0.3) is 0 Å². The molecule has 0 rings (SSSR count). The van der Waals surface area contributed by atoms with E-state index in [0.29, 0.717) is 125 Å². The average molecular weight is 779 g/mol. The molecule has 0 aromatic carbocycles. The van der Waals surface area contributed by atoms with E-state index >= 15 is 0 Å². The molecule has 0 amide bonds. The van der Waals surface area contributed by atoms with E-state index in [0.717, 1.165) is 25.9 Å². The molecule has 0 heterocycles. The van der Waals surface area contributed by atoms with Crippen molar-refractivity contribution in [3.8, 4) is 0 Å². The fourth-order valence-electron chi connectivity index (χ4n) is 5.60. The quantitative estimate of drug-likeness (QED) is 0.0436. The van der Waals surface area contributed by atoms with Gasteiger partial charge in [0, 0.05) is 13.0 Å². The van der Waals surface area contributed by atoms with Crippen molar-refractivity contribution in [3.05, 3.63) is 0 Å². The third-order valence-electron chi connectivity index (χ3n) is 8.84. The second kappa shape index (κ2) is 50.1. The number of esters is 1. The Bertz CT molecular complexity index is 686. The smallest absolute Gasteiger partial charge is 0.305 e. The van der Waals surface area contributed by atoms with Gasteiger partial charge in [0.05, 0.1) is 112 Å². The summed E-state index contributed by atoms with van der Waals surface area (Å²) in [5, 5.41) is 0. The van der Waals surface area contributed by atoms with Crippen LogP contribution in [-0.4, -0.2) is 132 Å². The number of ether oxygens (including phenoxy) is 10. The van der Waals surface area contributed by atoms with E-state index in [2.05, 4.69) is 13.8 Å². The lowest BCUT2D eigenvalue weighted by Gasteiger charge is -2.09. The SMILES string of the molecule is CCCCCCCCCCCCCCCCOCCOCCOCCOCCOCCOCCOCCOCCOCCOC(=O)CCCCCCCC. The minimum Gasteiger partial charge on any atom is -0.463 e. The Labute approximate surface area is 331 Å². The topological polar surface area (TPSA) is 109 Å². The maximum atomic E-state index is 11.7. The maximum absolute atomic E-state index is 11.7. The minimum atomic E-state index is -0.138. The van der Waals surface area contributed by atoms with E-state index in [1.165, 1.54) is 109 Å². The fourth-order valence-corrected chi connectivity index (χ4v) is 5.60. The molecule has 0 fully saturated rings. The van der Waals surface area contributed by atoms with Gasteiger partial charge in [-0.2, -0.15) is 0 Å². The molecule has 0 atom stereocenters. The zero-order valence-electron chi connectivity index (χ0n) is 35.3. The minimum absolute atomic E-state index is 0.138. The first-order valence-electron chi connectivity index (χ1n) is 22.2. The first-order chi connectivity index (χ1) is 26.8. The molecule has 0 aliphatic rings. The van der Waals surface area contributed by atoms with E-state index in [1.807, 2.05) is 0 Å². The normalized spacial score (nSPS) is 11.5. The Kier molecular flexibility index (Phi) is 49.3. The number of unbranched alkanes of at least 4 members (excludes halogenated alkanes) is 18. The zero-order chi connectivity index (χ0) is 38.9. The van der Waals surface area contributed by atoms with Crippen LogP contribution in [-0.2, 0) is 52.2 Å². The maximum Gasteiger partial charge on any atom is 0.305 e. The monoisotopic (exact) mass is 779 g/mol. The molecular formula is C43H86O11. The van der Waals surface area contributed by atoms with Crippen LogP contribution >= 0.6 is 0 Å². The van der Waals surface area contributed by atoms with Crippen LogP contribution in [0.1, 0.15) is 149 Å². The van der Waals surface area contributed by atoms with Crippen molar-refractivity contribution in [1.82, 2.24) is 0 Å². The second-order valence-electron chi connectivity index (χ2n) is 13.8. The Hall–Kier alpha value is -0.890. The zero-order valence-corrected chi connectivity index (χ0v) is 35.3. The van der Waals surface area contributed by atoms with Crippen LogP contribution in [0.4, 0.5) is 0 Å². The molecule has 0 unspecified atom stereocenters. The molecule has 0 saturated heterocycles. The molecule has 0 aliphatic heterocycles. The molecule has 54 heavy (non-hydrogen) atoms. The van der Waals surface area contributed by atoms with Gasteiger partial charge in [-0.05, 0) is 12.8 Å². The predicted molar refractivity (Wildman–Crippen MR) is 217 cm³/mol. The van der Waals surface area contributed by atoms with E-state index in [1.54, 1.807) is 0 Å². The molecule has 0 bridgehead atoms. The van der Waals surface area contributed by atoms with Crippen molar-refractivity contribution in [2.24, 2.45) is 0 Å². The molecule has 0 spiro atoms. The van der Waals surface area contributed by atoms with Gasteiger partial charge >= 0.3 is 5.97 Å². The van der Waals surface area contributed by atoms with Gasteiger partial charge in [-0.1, -0.05) is 129 Å². The van der Waals surface area contributed by atoms with Crippen LogP contribution in [0.5, 0.6) is 0 Å². The number of hydrogen-bond acceptors (Lipinski definition) is 11. The highest BCUT2D eigenvalue weighted by molar-refractivity contribution is 5.69. The second-order valence-corrected chi connectivity index (χ2v) is 13.8. The number of carbonyl (C=O) groups excluding carboxylic acids is 1. The third kappa shape index (κ3) is 49.1. The van der Waals surface area contributed by atoms with E-state index in [-0.39, 0.29) is 5.97 Å². The largest absolute Gasteiger partial charge is 0.463 e. The van der Waals surface area contributed by atoms with Gasteiger partial charge in [0.1, 0.15) is 6.61 Å². The van der Waals surface area contributed by atoms with Crippen LogP contribution in [0.15, 0.2) is 0 Å². The fraction of sp³-hybridized carbons (Fsp3) is 0.977. The van der Waals surface area contributed by atoms with Gasteiger partial charge < -0.3 is 47.4 Å². The van der Waals surface area contributed by atoms with Gasteiger partial charge in [0.15, 0.2) is 0 Å². The molecule has 0 aliphatic carbocycles. The Morgan fingerprint density at radius 3 is 0.778 bits per heavy atom. The lowest BCUT2D eigenvalue weighted by atomic mass is 10.0. The number of hydrogen-bond donors (Lipinski definition) is 0. The summed E-state index contributed by atoms with van der Waals surface area (Å²) in [6.45, 7) is 14.5. The standard InChI is InChI=1S/C43H86O11/c1-3-5-7-9-11-12-13-14-15-16-17-18-20-22-24-45-25-26-46-27-28-47-29-30-48-31-32-49-33-34-50-35-36-51-37-38-52-39-40-53-41-42-54-43(44)23-21-19-10-8-6-4-2/h3-42H2,1-2H3. The number of rotatable bonds is 49. The van der Waals surface area contributed by atoms with E-state index < -0.39 is 0 Å². The third-order valence-corrected chi connectivity index (χ3v) is 8.84. The molecule has 0 saturated carbocycles. The van der Waals surface area contributed by atoms with Crippen LogP contribution in [0.2, 0.25) is 0 Å². The summed E-state index contributed by atoms with van der Waals surface area (Å²) in [4.78, 5) is 11.7. The molecule has 0 radical (unpaired) electrons. The van der Waals surface area contributed by atoms with E-state index in [9.17, 15) is 4.79 Å². The molecule has 0 aromatic rings. The van der Waals surface area contributed by atoms with Gasteiger partial charge in [0.2, 0.25) is 0 Å². The molecule has 11 heteroatoms. The summed E-state index contributed by atoms with van der Waals surface area (Å²) in [7, 11) is 0. The molecular weight excluding hydrogens is 692 g/mol. The van der Waals surface area contributed by atoms with Crippen molar-refractivity contribution >= 4 is 5.97 Å². The molecule has 0 aromatic heterocycles. The van der Waals surface area contributed by atoms with Crippen molar-refractivity contribution in [3.63, 3.8) is 0 Å². The van der Waals surface area contributed by atoms with Crippen LogP contribution < -0.4 is 0 Å². The lowest BCUT2D eigenvalue weighted by molar-refractivity contribution is -0.145. The van der Waals surface area contributed by atoms with Crippen molar-refractivity contribution < 1.29 is 52.2 Å². The summed E-state index contributed by atoms with van der Waals surface area (Å²) in [5.41, 5.74) is 0. The summed E-state index contributed by atoms with van der Waals surface area (Å²) in [5.74, 6) is -0.138. The summed E-state index contributed by atoms with van der Waals surface area (Å²) >= 11 is 0. The predicted octanol–water partition coefficient (Wildman–Crippen LogP) is 8.91. The van der Waals surface area contributed by atoms with Gasteiger partial charge in [-0.25, -0.2) is 0 Å². The van der Waals surface area contributed by atoms with Crippen LogP contribution in [0, 0.1) is 0 Å². The highest BCUT2D eigenvalue weighted by Crippen LogP contribution is 2.13. The first kappa shape index (κ1) is 53.1. The molecule has 11 nitrogen and oxygen atoms in total. The molecule has 0 N–H and O–H groups in total. The summed E-state index contributed by atoms with van der Waals surface area (Å²) in [6.07, 6.45) is 26.7. The van der Waals surface area contributed by atoms with Crippen molar-refractivity contribution in [2.75, 3.05) is 126 Å². The first-order valence-corrected chi connectivity index (χ1v) is 22.2. The summed E-state index contributed by atoms with van der Waals surface area (Å²) in [6, 6.07) is 0. The Balaban J connectivity index is 3.09. The summed E-state index contributed by atoms with van der Waals surface area (Å²) < 4.78 is 54.9. The van der Waals surface area contributed by atoms with Gasteiger partial charge in [-0.15, -0.1) is 0 Å². The van der Waals surface area contributed by atoms with E-state index in [4.69, 9.17) is 47.4 Å². The van der Waals surface area contributed by atoms with Gasteiger partial charge in [-0.3, -0.25) is 4.79 Å². The molecule has 324 valence electrons. The Morgan fingerprint density at radius 1 is 0.259 bits per heavy atom.